The van der Waals surface area contributed by atoms with Crippen LogP contribution < -0.4 is 0 Å². The summed E-state index contributed by atoms with van der Waals surface area (Å²) in [4.78, 5) is 13.4. The lowest BCUT2D eigenvalue weighted by atomic mass is 9.91. The van der Waals surface area contributed by atoms with E-state index in [9.17, 15) is 18.7 Å². The maximum atomic E-state index is 13.7. The summed E-state index contributed by atoms with van der Waals surface area (Å²) < 4.78 is 27.0. The molecule has 0 saturated carbocycles. The maximum absolute atomic E-state index is 13.7. The monoisotopic (exact) mass is 331 g/mol. The van der Waals surface area contributed by atoms with Crippen molar-refractivity contribution >= 4 is 5.97 Å². The number of aliphatic carboxylic acids is 1. The molecule has 126 valence electrons. The number of carbonyl (C=O) groups is 1. The molecule has 5 heteroatoms. The van der Waals surface area contributed by atoms with Crippen LogP contribution in [0.25, 0.3) is 0 Å². The minimum atomic E-state index is -0.809. The van der Waals surface area contributed by atoms with Crippen LogP contribution in [-0.4, -0.2) is 29.1 Å². The van der Waals surface area contributed by atoms with E-state index in [2.05, 4.69) is 0 Å². The maximum Gasteiger partial charge on any atom is 0.307 e. The zero-order valence-corrected chi connectivity index (χ0v) is 13.2. The van der Waals surface area contributed by atoms with E-state index < -0.39 is 11.9 Å². The van der Waals surface area contributed by atoms with Gasteiger partial charge >= 0.3 is 5.97 Å². The van der Waals surface area contributed by atoms with Gasteiger partial charge in [0.1, 0.15) is 11.6 Å². The van der Waals surface area contributed by atoms with Gasteiger partial charge < -0.3 is 5.11 Å². The molecule has 1 fully saturated rings. The molecular formula is C19H19F2NO2. The second-order valence-corrected chi connectivity index (χ2v) is 6.18. The molecule has 0 bridgehead atoms. The normalized spacial score (nSPS) is 19.8. The second-order valence-electron chi connectivity index (χ2n) is 6.18. The molecule has 1 saturated heterocycles. The van der Waals surface area contributed by atoms with Crippen LogP contribution in [0.5, 0.6) is 0 Å². The third-order valence-electron chi connectivity index (χ3n) is 4.52. The predicted octanol–water partition coefficient (Wildman–Crippen LogP) is 3.85. The molecule has 2 atom stereocenters. The lowest BCUT2D eigenvalue weighted by Crippen LogP contribution is -2.41. The quantitative estimate of drug-likeness (QED) is 0.925. The summed E-state index contributed by atoms with van der Waals surface area (Å²) in [5.41, 5.74) is 1.57. The van der Waals surface area contributed by atoms with Crippen molar-refractivity contribution < 1.29 is 18.7 Å². The van der Waals surface area contributed by atoms with Crippen molar-refractivity contribution in [3.8, 4) is 0 Å². The average Bonchev–Trinajstić information content (AvgIpc) is 2.57. The van der Waals surface area contributed by atoms with Crippen LogP contribution in [0, 0.1) is 17.6 Å². The highest BCUT2D eigenvalue weighted by Gasteiger charge is 2.31. The fourth-order valence-electron chi connectivity index (χ4n) is 3.38. The highest BCUT2D eigenvalue weighted by atomic mass is 19.1. The Labute approximate surface area is 139 Å². The van der Waals surface area contributed by atoms with Gasteiger partial charge in [-0.2, -0.15) is 0 Å². The van der Waals surface area contributed by atoms with Gasteiger partial charge in [-0.3, -0.25) is 9.69 Å². The first-order valence-electron chi connectivity index (χ1n) is 8.02. The molecular weight excluding hydrogens is 312 g/mol. The molecule has 1 N–H and O–H groups in total. The Hall–Kier alpha value is -2.27. The number of carboxylic acids is 1. The minimum absolute atomic E-state index is 0.288. The van der Waals surface area contributed by atoms with E-state index in [0.29, 0.717) is 13.0 Å². The van der Waals surface area contributed by atoms with Gasteiger partial charge in [-0.1, -0.05) is 24.3 Å². The zero-order valence-electron chi connectivity index (χ0n) is 13.2. The topological polar surface area (TPSA) is 40.5 Å². The van der Waals surface area contributed by atoms with Gasteiger partial charge in [0.25, 0.3) is 0 Å². The first-order chi connectivity index (χ1) is 11.5. The number of nitrogens with zero attached hydrogens (tertiary/aromatic N) is 1. The van der Waals surface area contributed by atoms with Gasteiger partial charge in [0.15, 0.2) is 0 Å². The number of benzene rings is 2. The lowest BCUT2D eigenvalue weighted by molar-refractivity contribution is -0.143. The highest BCUT2D eigenvalue weighted by Crippen LogP contribution is 2.33. The van der Waals surface area contributed by atoms with E-state index in [1.165, 1.54) is 24.3 Å². The van der Waals surface area contributed by atoms with Crippen LogP contribution in [0.15, 0.2) is 48.5 Å². The van der Waals surface area contributed by atoms with Gasteiger partial charge in [-0.05, 0) is 54.8 Å². The predicted molar refractivity (Wildman–Crippen MR) is 86.6 cm³/mol. The summed E-state index contributed by atoms with van der Waals surface area (Å²) in [5, 5.41) is 9.32. The number of halogens is 2. The van der Waals surface area contributed by atoms with Gasteiger partial charge in [-0.15, -0.1) is 0 Å². The van der Waals surface area contributed by atoms with Gasteiger partial charge in [0, 0.05) is 6.54 Å². The summed E-state index contributed by atoms with van der Waals surface area (Å²) in [7, 11) is 0. The van der Waals surface area contributed by atoms with Gasteiger partial charge in [-0.25, -0.2) is 8.78 Å². The zero-order chi connectivity index (χ0) is 17.1. The summed E-state index contributed by atoms with van der Waals surface area (Å²) >= 11 is 0. The first-order valence-corrected chi connectivity index (χ1v) is 8.02. The Morgan fingerprint density at radius 3 is 2.50 bits per heavy atom. The molecule has 3 rings (SSSR count). The Morgan fingerprint density at radius 1 is 1.08 bits per heavy atom. The van der Waals surface area contributed by atoms with Crippen molar-refractivity contribution in [1.82, 2.24) is 4.90 Å². The van der Waals surface area contributed by atoms with Crippen LogP contribution in [0.3, 0.4) is 0 Å². The van der Waals surface area contributed by atoms with E-state index in [-0.39, 0.29) is 17.7 Å². The lowest BCUT2D eigenvalue weighted by Gasteiger charge is -2.37. The largest absolute Gasteiger partial charge is 0.481 e. The molecule has 2 unspecified atom stereocenters. The van der Waals surface area contributed by atoms with E-state index in [1.807, 2.05) is 11.0 Å². The summed E-state index contributed by atoms with van der Waals surface area (Å²) in [6.45, 7) is 1.12. The molecule has 3 nitrogen and oxygen atoms in total. The summed E-state index contributed by atoms with van der Waals surface area (Å²) in [5.74, 6) is -1.92. The Morgan fingerprint density at radius 2 is 1.83 bits per heavy atom. The van der Waals surface area contributed by atoms with Crippen LogP contribution in [-0.2, 0) is 4.79 Å². The molecule has 1 aliphatic heterocycles. The smallest absolute Gasteiger partial charge is 0.307 e. The molecule has 1 aliphatic rings. The number of piperidine rings is 1. The van der Waals surface area contributed by atoms with Crippen molar-refractivity contribution in [2.75, 3.05) is 13.1 Å². The number of carboxylic acid groups (broad SMARTS) is 1. The second kappa shape index (κ2) is 7.09. The minimum Gasteiger partial charge on any atom is -0.481 e. The molecule has 0 amide bonds. The summed E-state index contributed by atoms with van der Waals surface area (Å²) in [6, 6.07) is 12.1. The van der Waals surface area contributed by atoms with Crippen LogP contribution in [0.4, 0.5) is 8.78 Å². The molecule has 0 aliphatic carbocycles. The molecule has 2 aromatic rings. The molecule has 2 aromatic carbocycles. The van der Waals surface area contributed by atoms with Gasteiger partial charge in [0.2, 0.25) is 0 Å². The number of rotatable bonds is 4. The fraction of sp³-hybridized carbons (Fsp3) is 0.316. The van der Waals surface area contributed by atoms with Crippen LogP contribution >= 0.6 is 0 Å². The average molecular weight is 331 g/mol. The van der Waals surface area contributed by atoms with Crippen molar-refractivity contribution in [1.29, 1.82) is 0 Å². The Kier molecular flexibility index (Phi) is 4.90. The van der Waals surface area contributed by atoms with Crippen molar-refractivity contribution in [2.24, 2.45) is 5.92 Å². The Balaban J connectivity index is 1.98. The number of hydrogen-bond acceptors (Lipinski definition) is 2. The molecule has 0 radical (unpaired) electrons. The number of hydrogen-bond donors (Lipinski definition) is 1. The molecule has 0 aromatic heterocycles. The third kappa shape index (κ3) is 3.62. The van der Waals surface area contributed by atoms with E-state index in [4.69, 9.17) is 0 Å². The van der Waals surface area contributed by atoms with Crippen LogP contribution in [0.1, 0.15) is 30.0 Å². The molecule has 1 heterocycles. The third-order valence-corrected chi connectivity index (χ3v) is 4.52. The van der Waals surface area contributed by atoms with Crippen molar-refractivity contribution in [2.45, 2.75) is 18.9 Å². The highest BCUT2D eigenvalue weighted by molar-refractivity contribution is 5.70. The van der Waals surface area contributed by atoms with Crippen molar-refractivity contribution in [3.05, 3.63) is 71.3 Å². The van der Waals surface area contributed by atoms with E-state index in [1.54, 1.807) is 18.2 Å². The van der Waals surface area contributed by atoms with E-state index >= 15 is 0 Å². The van der Waals surface area contributed by atoms with E-state index in [0.717, 1.165) is 24.1 Å². The van der Waals surface area contributed by atoms with Gasteiger partial charge in [0.05, 0.1) is 12.0 Å². The number of likely N-dealkylation sites (tertiary alicyclic amines) is 1. The standard InChI is InChI=1S/C19H19F2NO2/c20-16-8-6-13(7-9-16)18(14-3-1-5-17(21)11-14)22-10-2-4-15(12-22)19(23)24/h1,3,5-9,11,15,18H,2,4,10,12H2,(H,23,24). The summed E-state index contributed by atoms with van der Waals surface area (Å²) in [6.07, 6.45) is 1.41. The van der Waals surface area contributed by atoms with Crippen LogP contribution in [0.2, 0.25) is 0 Å². The molecule has 24 heavy (non-hydrogen) atoms. The molecule has 0 spiro atoms. The Bertz CT molecular complexity index is 718. The van der Waals surface area contributed by atoms with Crippen molar-refractivity contribution in [3.63, 3.8) is 0 Å². The first kappa shape index (κ1) is 16.6. The SMILES string of the molecule is O=C(O)C1CCCN(C(c2ccc(F)cc2)c2cccc(F)c2)C1. The fourth-order valence-corrected chi connectivity index (χ4v) is 3.38.